The molecule has 0 aliphatic heterocycles. The number of carbonyl (C=O) groups excluding carboxylic acids is 3. The van der Waals surface area contributed by atoms with Gasteiger partial charge in [0, 0.05) is 21.0 Å². The molecule has 0 saturated heterocycles. The molecule has 8 heteroatoms. The fourth-order valence-electron chi connectivity index (χ4n) is 5.65. The van der Waals surface area contributed by atoms with Crippen LogP contribution in [0.2, 0.25) is 0 Å². The van der Waals surface area contributed by atoms with Gasteiger partial charge in [-0.3, -0.25) is 9.59 Å². The molecule has 45 heavy (non-hydrogen) atoms. The molecule has 2 unspecified atom stereocenters. The predicted molar refractivity (Wildman–Crippen MR) is 183 cm³/mol. The number of rotatable bonds is 9. The molecular weight excluding hydrogens is 601 g/mol. The van der Waals surface area contributed by atoms with Crippen LogP contribution >= 0.6 is 23.1 Å². The number of nitrogens with one attached hydrogen (secondary N) is 2. The Bertz CT molecular complexity index is 1870. The number of amides is 2. The molecule has 228 valence electrons. The number of hydrogen-bond donors (Lipinski definition) is 2. The van der Waals surface area contributed by atoms with Crippen molar-refractivity contribution in [1.29, 1.82) is 0 Å². The van der Waals surface area contributed by atoms with Gasteiger partial charge >= 0.3 is 5.97 Å². The van der Waals surface area contributed by atoms with Crippen LogP contribution in [0.25, 0.3) is 10.8 Å². The van der Waals surface area contributed by atoms with E-state index in [-0.39, 0.29) is 18.4 Å². The monoisotopic (exact) mass is 634 g/mol. The minimum atomic E-state index is -0.606. The van der Waals surface area contributed by atoms with Crippen molar-refractivity contribution in [3.05, 3.63) is 124 Å². The molecule has 0 radical (unpaired) electrons. The third kappa shape index (κ3) is 6.97. The van der Waals surface area contributed by atoms with E-state index in [1.807, 2.05) is 97.1 Å². The van der Waals surface area contributed by atoms with Gasteiger partial charge in [0.1, 0.15) is 10.3 Å². The molecule has 2 N–H and O–H groups in total. The van der Waals surface area contributed by atoms with Crippen LogP contribution in [0.15, 0.2) is 102 Å². The highest BCUT2D eigenvalue weighted by molar-refractivity contribution is 8.00. The molecule has 1 aromatic heterocycles. The van der Waals surface area contributed by atoms with Crippen molar-refractivity contribution in [2.75, 3.05) is 17.2 Å². The van der Waals surface area contributed by atoms with E-state index < -0.39 is 11.2 Å². The normalized spacial score (nSPS) is 14.8. The first-order valence-corrected chi connectivity index (χ1v) is 16.8. The van der Waals surface area contributed by atoms with E-state index in [0.717, 1.165) is 50.9 Å². The lowest BCUT2D eigenvalue weighted by Crippen LogP contribution is -2.20. The second-order valence-electron chi connectivity index (χ2n) is 11.2. The first-order chi connectivity index (χ1) is 21.9. The predicted octanol–water partition coefficient (Wildman–Crippen LogP) is 8.93. The number of ether oxygens (including phenoxy) is 1. The first-order valence-electron chi connectivity index (χ1n) is 15.1. The topological polar surface area (TPSA) is 84.5 Å². The second kappa shape index (κ2) is 13.7. The van der Waals surface area contributed by atoms with Gasteiger partial charge in [0.15, 0.2) is 0 Å². The maximum atomic E-state index is 14.0. The summed E-state index contributed by atoms with van der Waals surface area (Å²) >= 11 is 2.88. The first kappa shape index (κ1) is 30.6. The van der Waals surface area contributed by atoms with Gasteiger partial charge in [-0.1, -0.05) is 73.7 Å². The molecule has 0 fully saturated rings. The summed E-state index contributed by atoms with van der Waals surface area (Å²) in [5.74, 6) is -0.299. The van der Waals surface area contributed by atoms with Crippen LogP contribution in [0.5, 0.6) is 0 Å². The van der Waals surface area contributed by atoms with Crippen molar-refractivity contribution in [3.63, 3.8) is 0 Å². The highest BCUT2D eigenvalue weighted by atomic mass is 32.2. The molecule has 6 nitrogen and oxygen atoms in total. The van der Waals surface area contributed by atoms with Crippen LogP contribution in [-0.4, -0.2) is 24.4 Å². The van der Waals surface area contributed by atoms with Crippen LogP contribution in [0.3, 0.4) is 0 Å². The van der Waals surface area contributed by atoms with E-state index in [9.17, 15) is 14.4 Å². The minimum absolute atomic E-state index is 0.206. The zero-order valence-electron chi connectivity index (χ0n) is 25.2. The third-order valence-corrected chi connectivity index (χ3v) is 10.3. The zero-order valence-corrected chi connectivity index (χ0v) is 26.8. The van der Waals surface area contributed by atoms with Crippen LogP contribution in [0.4, 0.5) is 10.7 Å². The molecule has 4 aromatic carbocycles. The molecule has 1 aliphatic carbocycles. The van der Waals surface area contributed by atoms with E-state index in [1.165, 1.54) is 23.1 Å². The Kier molecular flexibility index (Phi) is 9.33. The average Bonchev–Trinajstić information content (AvgIpc) is 3.40. The van der Waals surface area contributed by atoms with Gasteiger partial charge in [0.05, 0.1) is 12.2 Å². The minimum Gasteiger partial charge on any atom is -0.462 e. The number of benzene rings is 4. The van der Waals surface area contributed by atoms with Gasteiger partial charge in [-0.05, 0) is 84.3 Å². The molecule has 6 rings (SSSR count). The summed E-state index contributed by atoms with van der Waals surface area (Å²) in [6.07, 6.45) is 2.68. The summed E-state index contributed by atoms with van der Waals surface area (Å²) < 4.78 is 5.42. The molecular formula is C37H34N2O4S2. The van der Waals surface area contributed by atoms with Crippen molar-refractivity contribution in [2.45, 2.75) is 43.3 Å². The van der Waals surface area contributed by atoms with Crippen molar-refractivity contribution in [1.82, 2.24) is 0 Å². The maximum Gasteiger partial charge on any atom is 0.341 e. The molecule has 5 aromatic rings. The van der Waals surface area contributed by atoms with Gasteiger partial charge in [0.2, 0.25) is 5.91 Å². The van der Waals surface area contributed by atoms with Gasteiger partial charge in [-0.15, -0.1) is 23.1 Å². The summed E-state index contributed by atoms with van der Waals surface area (Å²) in [7, 11) is 0. The lowest BCUT2D eigenvalue weighted by molar-refractivity contribution is -0.115. The third-order valence-electron chi connectivity index (χ3n) is 7.93. The SMILES string of the molecule is CCOC(=O)c1c(NC(=O)C(Sc2cccc(NC(=O)c3ccc4ccccc4c3)c2)c2ccccc2)sc2c1CCC(C)C2. The second-order valence-corrected chi connectivity index (χ2v) is 13.5. The van der Waals surface area contributed by atoms with Crippen LogP contribution in [-0.2, 0) is 22.4 Å². The van der Waals surface area contributed by atoms with Gasteiger partial charge in [-0.25, -0.2) is 4.79 Å². The van der Waals surface area contributed by atoms with E-state index in [4.69, 9.17) is 4.74 Å². The zero-order chi connectivity index (χ0) is 31.3. The largest absolute Gasteiger partial charge is 0.462 e. The van der Waals surface area contributed by atoms with Gasteiger partial charge < -0.3 is 15.4 Å². The molecule has 1 aliphatic rings. The number of hydrogen-bond acceptors (Lipinski definition) is 6. The quantitative estimate of drug-likeness (QED) is 0.125. The molecule has 2 amide bonds. The van der Waals surface area contributed by atoms with Crippen molar-refractivity contribution >= 4 is 62.3 Å². The van der Waals surface area contributed by atoms with Crippen LogP contribution in [0, 0.1) is 5.92 Å². The Morgan fingerprint density at radius 3 is 2.49 bits per heavy atom. The maximum absolute atomic E-state index is 14.0. The molecule has 0 spiro atoms. The van der Waals surface area contributed by atoms with E-state index in [2.05, 4.69) is 17.6 Å². The number of anilines is 2. The Morgan fingerprint density at radius 2 is 1.69 bits per heavy atom. The average molecular weight is 635 g/mol. The summed E-state index contributed by atoms with van der Waals surface area (Å²) in [6, 6.07) is 30.7. The molecule has 1 heterocycles. The Labute approximate surface area is 271 Å². The van der Waals surface area contributed by atoms with Crippen molar-refractivity contribution in [2.24, 2.45) is 5.92 Å². The number of carbonyl (C=O) groups is 3. The number of thiophene rings is 1. The molecule has 0 saturated carbocycles. The number of thioether (sulfide) groups is 1. The smallest absolute Gasteiger partial charge is 0.341 e. The van der Waals surface area contributed by atoms with Crippen LogP contribution < -0.4 is 10.6 Å². The molecule has 2 atom stereocenters. The fraction of sp³-hybridized carbons (Fsp3) is 0.216. The Hall–Kier alpha value is -4.40. The van der Waals surface area contributed by atoms with E-state index in [0.29, 0.717) is 27.7 Å². The van der Waals surface area contributed by atoms with E-state index >= 15 is 0 Å². The summed E-state index contributed by atoms with van der Waals surface area (Å²) in [6.45, 7) is 4.27. The summed E-state index contributed by atoms with van der Waals surface area (Å²) in [4.78, 5) is 42.2. The Balaban J connectivity index is 1.25. The lowest BCUT2D eigenvalue weighted by atomic mass is 9.88. The number of fused-ring (bicyclic) bond motifs is 2. The van der Waals surface area contributed by atoms with Crippen LogP contribution in [0.1, 0.15) is 62.2 Å². The summed E-state index contributed by atoms with van der Waals surface area (Å²) in [5, 5.41) is 8.14. The van der Waals surface area contributed by atoms with E-state index in [1.54, 1.807) is 6.92 Å². The van der Waals surface area contributed by atoms with Crippen molar-refractivity contribution < 1.29 is 19.1 Å². The molecule has 0 bridgehead atoms. The standard InChI is InChI=1S/C37H34N2O4S2/c1-3-43-37(42)32-30-19-16-23(2)20-31(30)45-36(32)39-35(41)33(25-11-5-4-6-12-25)44-29-15-9-14-28(22-29)38-34(40)27-18-17-24-10-7-8-13-26(24)21-27/h4-15,17-18,21-23,33H,3,16,19-20H2,1-2H3,(H,38,40)(H,39,41). The fourth-order valence-corrected chi connectivity index (χ4v) is 8.14. The van der Waals surface area contributed by atoms with Gasteiger partial charge in [-0.2, -0.15) is 0 Å². The van der Waals surface area contributed by atoms with Crippen molar-refractivity contribution in [3.8, 4) is 0 Å². The Morgan fingerprint density at radius 1 is 0.911 bits per heavy atom. The summed E-state index contributed by atoms with van der Waals surface area (Å²) in [5.41, 5.74) is 3.53. The highest BCUT2D eigenvalue weighted by Gasteiger charge is 2.31. The number of esters is 1. The van der Waals surface area contributed by atoms with Gasteiger partial charge in [0.25, 0.3) is 5.91 Å². The lowest BCUT2D eigenvalue weighted by Gasteiger charge is -2.19. The highest BCUT2D eigenvalue weighted by Crippen LogP contribution is 2.42.